The maximum Gasteiger partial charge on any atom is 0.228 e. The van der Waals surface area contributed by atoms with Crippen molar-refractivity contribution in [1.29, 1.82) is 0 Å². The van der Waals surface area contributed by atoms with Crippen molar-refractivity contribution in [3.05, 3.63) is 77.2 Å². The van der Waals surface area contributed by atoms with Crippen molar-refractivity contribution in [2.45, 2.75) is 39.2 Å². The molecule has 0 aliphatic carbocycles. The van der Waals surface area contributed by atoms with E-state index in [0.717, 1.165) is 35.5 Å². The summed E-state index contributed by atoms with van der Waals surface area (Å²) < 4.78 is 27.8. The number of benzene rings is 1. The normalized spacial score (nSPS) is 17.0. The minimum Gasteiger partial charge on any atom is -0.309 e. The summed E-state index contributed by atoms with van der Waals surface area (Å²) in [6.07, 6.45) is 2.10. The summed E-state index contributed by atoms with van der Waals surface area (Å²) in [5.74, 6) is 1.19. The number of aromatic nitrogens is 3. The van der Waals surface area contributed by atoms with E-state index >= 15 is 0 Å². The van der Waals surface area contributed by atoms with Gasteiger partial charge in [-0.05, 0) is 56.9 Å². The Balaban J connectivity index is 1.51. The summed E-state index contributed by atoms with van der Waals surface area (Å²) in [7, 11) is -3.39. The molecule has 0 radical (unpaired) electrons. The fourth-order valence-corrected chi connectivity index (χ4v) is 5.72. The Labute approximate surface area is 183 Å². The van der Waals surface area contributed by atoms with Crippen molar-refractivity contribution in [3.63, 3.8) is 0 Å². The highest BCUT2D eigenvalue weighted by atomic mass is 32.2. The van der Waals surface area contributed by atoms with Gasteiger partial charge in [-0.15, -0.1) is 0 Å². The monoisotopic (exact) mass is 437 g/mol. The number of nitrogens with zero attached hydrogens (tertiary/aromatic N) is 4. The lowest BCUT2D eigenvalue weighted by Gasteiger charge is -2.24. The minimum atomic E-state index is -3.39. The predicted molar refractivity (Wildman–Crippen MR) is 122 cm³/mol. The highest BCUT2D eigenvalue weighted by molar-refractivity contribution is 7.89. The second-order valence-electron chi connectivity index (χ2n) is 7.87. The van der Waals surface area contributed by atoms with E-state index in [4.69, 9.17) is 4.98 Å². The van der Waals surface area contributed by atoms with Crippen LogP contribution in [0.1, 0.15) is 41.5 Å². The maximum absolute atomic E-state index is 13.1. The van der Waals surface area contributed by atoms with Crippen molar-refractivity contribution in [2.75, 3.05) is 17.6 Å². The van der Waals surface area contributed by atoms with Crippen LogP contribution in [0.15, 0.2) is 54.6 Å². The molecule has 0 saturated carbocycles. The number of anilines is 2. The third-order valence-electron chi connectivity index (χ3n) is 5.39. The molecule has 0 bridgehead atoms. The van der Waals surface area contributed by atoms with Crippen LogP contribution in [0.5, 0.6) is 0 Å². The molecule has 0 spiro atoms. The number of rotatable bonds is 7. The number of hydrogen-bond acceptors (Lipinski definition) is 6. The van der Waals surface area contributed by atoms with E-state index in [1.165, 1.54) is 0 Å². The molecule has 4 rings (SSSR count). The molecule has 3 heterocycles. The van der Waals surface area contributed by atoms with Gasteiger partial charge in [-0.2, -0.15) is 4.31 Å². The highest BCUT2D eigenvalue weighted by Crippen LogP contribution is 2.34. The molecule has 0 amide bonds. The first-order valence-electron chi connectivity index (χ1n) is 10.5. The summed E-state index contributed by atoms with van der Waals surface area (Å²) in [4.78, 5) is 13.5. The average Bonchev–Trinajstić information content (AvgIpc) is 3.24. The van der Waals surface area contributed by atoms with Crippen LogP contribution < -0.4 is 5.32 Å². The highest BCUT2D eigenvalue weighted by Gasteiger charge is 2.35. The van der Waals surface area contributed by atoms with Crippen molar-refractivity contribution >= 4 is 21.8 Å². The van der Waals surface area contributed by atoms with Gasteiger partial charge in [0.1, 0.15) is 5.82 Å². The quantitative estimate of drug-likeness (QED) is 0.602. The van der Waals surface area contributed by atoms with Gasteiger partial charge in [0.15, 0.2) is 0 Å². The van der Waals surface area contributed by atoms with E-state index < -0.39 is 10.0 Å². The van der Waals surface area contributed by atoms with Gasteiger partial charge in [0.25, 0.3) is 0 Å². The van der Waals surface area contributed by atoms with Crippen LogP contribution in [0.3, 0.4) is 0 Å². The summed E-state index contributed by atoms with van der Waals surface area (Å²) in [5.41, 5.74) is 3.52. The molecule has 1 N–H and O–H groups in total. The number of nitrogens with one attached hydrogen (secondary N) is 1. The Kier molecular flexibility index (Phi) is 6.29. The van der Waals surface area contributed by atoms with Crippen LogP contribution in [-0.2, 0) is 16.4 Å². The molecule has 1 fully saturated rings. The third kappa shape index (κ3) is 5.26. The van der Waals surface area contributed by atoms with Crippen molar-refractivity contribution in [1.82, 2.24) is 19.3 Å². The topological polar surface area (TPSA) is 88.1 Å². The van der Waals surface area contributed by atoms with Gasteiger partial charge in [-0.1, -0.05) is 36.4 Å². The molecule has 2 aromatic heterocycles. The first kappa shape index (κ1) is 21.4. The third-order valence-corrected chi connectivity index (χ3v) is 7.26. The van der Waals surface area contributed by atoms with Crippen LogP contribution in [0.2, 0.25) is 0 Å². The van der Waals surface area contributed by atoms with E-state index in [2.05, 4.69) is 15.3 Å². The standard InChI is InChI=1S/C23H27N5O2S/c1-17-16-18(2)25-23(24-17)27-22-12-6-10-20(26-22)21-11-7-14-28(21)31(29,30)15-13-19-8-4-3-5-9-19/h3-6,8-10,12,16,21H,7,11,13-15H2,1-2H3,(H,24,25,26,27)/t21-/m1/s1. The van der Waals surface area contributed by atoms with Crippen molar-refractivity contribution in [3.8, 4) is 0 Å². The molecule has 1 aliphatic rings. The van der Waals surface area contributed by atoms with Crippen molar-refractivity contribution in [2.24, 2.45) is 0 Å². The van der Waals surface area contributed by atoms with E-state index in [1.54, 1.807) is 4.31 Å². The van der Waals surface area contributed by atoms with Crippen LogP contribution in [0, 0.1) is 13.8 Å². The Morgan fingerprint density at radius 2 is 1.74 bits per heavy atom. The SMILES string of the molecule is Cc1cc(C)nc(Nc2cccc([C@H]3CCCN3S(=O)(=O)CCc3ccccc3)n2)n1. The van der Waals surface area contributed by atoms with Crippen molar-refractivity contribution < 1.29 is 8.42 Å². The summed E-state index contributed by atoms with van der Waals surface area (Å²) in [6.45, 7) is 4.36. The zero-order valence-electron chi connectivity index (χ0n) is 17.8. The number of sulfonamides is 1. The van der Waals surface area contributed by atoms with Crippen LogP contribution in [0.4, 0.5) is 11.8 Å². The summed E-state index contributed by atoms with van der Waals surface area (Å²) in [6, 6.07) is 17.0. The molecule has 3 aromatic rings. The number of hydrogen-bond donors (Lipinski definition) is 1. The Bertz CT molecular complexity index is 1130. The second-order valence-corrected chi connectivity index (χ2v) is 9.91. The summed E-state index contributed by atoms with van der Waals surface area (Å²) in [5, 5.41) is 3.15. The Morgan fingerprint density at radius 1 is 1.00 bits per heavy atom. The van der Waals surface area contributed by atoms with Crippen LogP contribution >= 0.6 is 0 Å². The molecule has 1 aromatic carbocycles. The van der Waals surface area contributed by atoms with Gasteiger partial charge in [-0.3, -0.25) is 0 Å². The molecular weight excluding hydrogens is 410 g/mol. The fourth-order valence-electron chi connectivity index (χ4n) is 3.98. The molecule has 31 heavy (non-hydrogen) atoms. The van der Waals surface area contributed by atoms with Crippen LogP contribution in [0.25, 0.3) is 0 Å². The molecule has 1 aliphatic heterocycles. The lowest BCUT2D eigenvalue weighted by atomic mass is 10.1. The summed E-state index contributed by atoms with van der Waals surface area (Å²) >= 11 is 0. The molecule has 1 saturated heterocycles. The lowest BCUT2D eigenvalue weighted by molar-refractivity contribution is 0.390. The van der Waals surface area contributed by atoms with E-state index in [-0.39, 0.29) is 11.8 Å². The van der Waals surface area contributed by atoms with E-state index in [9.17, 15) is 8.42 Å². The molecule has 8 heteroatoms. The van der Waals surface area contributed by atoms with Gasteiger partial charge >= 0.3 is 0 Å². The molecular formula is C23H27N5O2S. The molecule has 0 unspecified atom stereocenters. The first-order valence-corrected chi connectivity index (χ1v) is 12.1. The van der Waals surface area contributed by atoms with Crippen LogP contribution in [-0.4, -0.2) is 40.0 Å². The van der Waals surface area contributed by atoms with Gasteiger partial charge in [-0.25, -0.2) is 23.4 Å². The zero-order chi connectivity index (χ0) is 21.8. The smallest absolute Gasteiger partial charge is 0.228 e. The molecule has 7 nitrogen and oxygen atoms in total. The van der Waals surface area contributed by atoms with Gasteiger partial charge < -0.3 is 5.32 Å². The maximum atomic E-state index is 13.1. The lowest BCUT2D eigenvalue weighted by Crippen LogP contribution is -2.33. The zero-order valence-corrected chi connectivity index (χ0v) is 18.6. The average molecular weight is 438 g/mol. The second kappa shape index (κ2) is 9.11. The molecule has 1 atom stereocenters. The van der Waals surface area contributed by atoms with E-state index in [0.29, 0.717) is 24.7 Å². The first-order chi connectivity index (χ1) is 14.9. The van der Waals surface area contributed by atoms with Gasteiger partial charge in [0, 0.05) is 17.9 Å². The predicted octanol–water partition coefficient (Wildman–Crippen LogP) is 3.94. The Hall–Kier alpha value is -2.84. The fraction of sp³-hybridized carbons (Fsp3) is 0.348. The molecule has 162 valence electrons. The minimum absolute atomic E-state index is 0.0991. The number of aryl methyl sites for hydroxylation is 3. The largest absolute Gasteiger partial charge is 0.309 e. The number of pyridine rings is 1. The van der Waals surface area contributed by atoms with Gasteiger partial charge in [0.05, 0.1) is 17.5 Å². The Morgan fingerprint density at radius 3 is 2.48 bits per heavy atom. The van der Waals surface area contributed by atoms with Gasteiger partial charge in [0.2, 0.25) is 16.0 Å². The van der Waals surface area contributed by atoms with E-state index in [1.807, 2.05) is 68.4 Å².